The van der Waals surface area contributed by atoms with E-state index in [1.807, 2.05) is 16.7 Å². The maximum absolute atomic E-state index is 12.6. The molecule has 0 saturated heterocycles. The number of benzene rings is 1. The van der Waals surface area contributed by atoms with Crippen LogP contribution in [-0.2, 0) is 27.1 Å². The van der Waals surface area contributed by atoms with Gasteiger partial charge >= 0.3 is 5.69 Å². The monoisotopic (exact) mass is 465 g/mol. The average Bonchev–Trinajstić information content (AvgIpc) is 3.18. The van der Waals surface area contributed by atoms with Gasteiger partial charge < -0.3 is 31.8 Å². The number of ether oxygens (including phenoxy) is 2. The molecule has 0 bridgehead atoms. The van der Waals surface area contributed by atoms with Gasteiger partial charge in [0.15, 0.2) is 22.7 Å². The van der Waals surface area contributed by atoms with Crippen molar-refractivity contribution in [3.8, 4) is 11.5 Å². The van der Waals surface area contributed by atoms with E-state index in [2.05, 4.69) is 30.2 Å². The Hall–Kier alpha value is -2.78. The van der Waals surface area contributed by atoms with Gasteiger partial charge in [-0.1, -0.05) is 6.07 Å². The molecule has 9 nitrogen and oxygen atoms in total. The van der Waals surface area contributed by atoms with Crippen molar-refractivity contribution in [1.82, 2.24) is 18.7 Å². The normalized spacial score (nSPS) is 12.9. The van der Waals surface area contributed by atoms with E-state index >= 15 is 0 Å². The summed E-state index contributed by atoms with van der Waals surface area (Å²) >= 11 is 0. The summed E-state index contributed by atoms with van der Waals surface area (Å²) in [5.74, 6) is 1.47. The molecule has 2 heterocycles. The van der Waals surface area contributed by atoms with E-state index in [1.165, 1.54) is 17.2 Å². The van der Waals surface area contributed by atoms with Crippen LogP contribution in [0.4, 0.5) is 0 Å². The number of hydrogen-bond donors (Lipinski definition) is 1. The van der Waals surface area contributed by atoms with Gasteiger partial charge in [0.1, 0.15) is 0 Å². The fourth-order valence-electron chi connectivity index (χ4n) is 4.01. The van der Waals surface area contributed by atoms with Crippen LogP contribution in [0.1, 0.15) is 25.8 Å². The second-order valence-electron chi connectivity index (χ2n) is 8.15. The molecule has 0 aliphatic carbocycles. The fourth-order valence-corrected chi connectivity index (χ4v) is 4.01. The van der Waals surface area contributed by atoms with Crippen molar-refractivity contribution in [2.45, 2.75) is 45.3 Å². The number of nitrogens with zero attached hydrogens (tertiary/aromatic N) is 4. The van der Waals surface area contributed by atoms with Gasteiger partial charge in [-0.25, -0.2) is 9.78 Å². The molecule has 0 aliphatic heterocycles. The average molecular weight is 466 g/mol. The van der Waals surface area contributed by atoms with Gasteiger partial charge in [-0.05, 0) is 31.5 Å². The van der Waals surface area contributed by atoms with E-state index in [1.54, 1.807) is 27.6 Å². The molecule has 0 fully saturated rings. The van der Waals surface area contributed by atoms with E-state index < -0.39 is 0 Å². The summed E-state index contributed by atoms with van der Waals surface area (Å²) in [4.78, 5) is 28.9. The van der Waals surface area contributed by atoms with Crippen LogP contribution < -0.4 is 38.4 Å². The van der Waals surface area contributed by atoms with Crippen molar-refractivity contribution in [1.29, 1.82) is 0 Å². The van der Waals surface area contributed by atoms with Crippen molar-refractivity contribution in [3.63, 3.8) is 0 Å². The third-order valence-corrected chi connectivity index (χ3v) is 5.71. The van der Waals surface area contributed by atoms with E-state index in [4.69, 9.17) is 9.47 Å². The molecule has 2 aromatic heterocycles. The Balaban J connectivity index is 0.00000363. The van der Waals surface area contributed by atoms with Gasteiger partial charge in [0.25, 0.3) is 5.56 Å². The number of methoxy groups -OCH3 is 2. The number of imidazole rings is 1. The summed E-state index contributed by atoms with van der Waals surface area (Å²) in [6.07, 6.45) is 3.42. The van der Waals surface area contributed by atoms with Crippen LogP contribution in [0.25, 0.3) is 11.2 Å². The zero-order chi connectivity index (χ0) is 22.7. The molecular formula is C22H32ClN5O4. The molecule has 2 unspecified atom stereocenters. The third-order valence-electron chi connectivity index (χ3n) is 5.71. The lowest BCUT2D eigenvalue weighted by atomic mass is 10.1. The number of quaternary nitrogens is 1. The maximum Gasteiger partial charge on any atom is 0.332 e. The molecule has 2 atom stereocenters. The number of hydrogen-bond acceptors (Lipinski definition) is 5. The lowest BCUT2D eigenvalue weighted by Gasteiger charge is -2.18. The smallest absolute Gasteiger partial charge is 0.332 e. The van der Waals surface area contributed by atoms with Crippen LogP contribution in [0.15, 0.2) is 34.1 Å². The highest BCUT2D eigenvalue weighted by Gasteiger charge is 2.17. The molecule has 3 aromatic rings. The van der Waals surface area contributed by atoms with Crippen LogP contribution >= 0.6 is 0 Å². The second-order valence-corrected chi connectivity index (χ2v) is 8.15. The van der Waals surface area contributed by atoms with Gasteiger partial charge in [0.2, 0.25) is 0 Å². The first-order chi connectivity index (χ1) is 14.8. The highest BCUT2D eigenvalue weighted by molar-refractivity contribution is 5.69. The van der Waals surface area contributed by atoms with E-state index in [9.17, 15) is 9.59 Å². The summed E-state index contributed by atoms with van der Waals surface area (Å²) < 4.78 is 15.1. The van der Waals surface area contributed by atoms with Gasteiger partial charge in [-0.15, -0.1) is 0 Å². The molecule has 0 aliphatic rings. The number of fused-ring (bicyclic) bond motifs is 1. The van der Waals surface area contributed by atoms with Gasteiger partial charge in [-0.2, -0.15) is 0 Å². The summed E-state index contributed by atoms with van der Waals surface area (Å²) in [6, 6.07) is 6.74. The third kappa shape index (κ3) is 5.16. The summed E-state index contributed by atoms with van der Waals surface area (Å²) in [5, 5.41) is 2.34. The molecule has 32 heavy (non-hydrogen) atoms. The van der Waals surface area contributed by atoms with Crippen LogP contribution in [0.3, 0.4) is 0 Å². The topological polar surface area (TPSA) is 96.9 Å². The zero-order valence-electron chi connectivity index (χ0n) is 19.5. The minimum absolute atomic E-state index is 0. The number of aromatic nitrogens is 4. The molecule has 0 saturated carbocycles. The van der Waals surface area contributed by atoms with Crippen LogP contribution in [0.2, 0.25) is 0 Å². The Morgan fingerprint density at radius 2 is 1.72 bits per heavy atom. The van der Waals surface area contributed by atoms with Crippen LogP contribution in [-0.4, -0.2) is 45.0 Å². The molecular weight excluding hydrogens is 434 g/mol. The Morgan fingerprint density at radius 3 is 2.38 bits per heavy atom. The molecule has 10 heteroatoms. The SMILES string of the molecule is COc1ccc(CC(C)[NH2+]C(C)CCn2cnc3c2c(=O)n(C)c(=O)n3C)cc1OC.[Cl-]. The number of halogens is 1. The van der Waals surface area contributed by atoms with E-state index in [0.717, 1.165) is 28.9 Å². The second kappa shape index (κ2) is 10.7. The quantitative estimate of drug-likeness (QED) is 0.374. The van der Waals surface area contributed by atoms with Gasteiger partial charge in [-0.3, -0.25) is 13.9 Å². The largest absolute Gasteiger partial charge is 1.00 e. The number of nitrogens with two attached hydrogens (primary N) is 1. The Kier molecular flexibility index (Phi) is 8.51. The molecule has 0 spiro atoms. The van der Waals surface area contributed by atoms with Crippen molar-refractivity contribution in [3.05, 3.63) is 50.9 Å². The first-order valence-electron chi connectivity index (χ1n) is 10.4. The molecule has 3 rings (SSSR count). The van der Waals surface area contributed by atoms with Crippen molar-refractivity contribution in [2.75, 3.05) is 14.2 Å². The van der Waals surface area contributed by atoms with E-state index in [-0.39, 0.29) is 23.7 Å². The van der Waals surface area contributed by atoms with Gasteiger partial charge in [0, 0.05) is 33.5 Å². The summed E-state index contributed by atoms with van der Waals surface area (Å²) in [7, 11) is 6.40. The maximum atomic E-state index is 12.6. The minimum atomic E-state index is -0.367. The molecule has 1 aromatic carbocycles. The predicted molar refractivity (Wildman–Crippen MR) is 119 cm³/mol. The Bertz CT molecular complexity index is 1180. The number of rotatable bonds is 9. The Morgan fingerprint density at radius 1 is 1.03 bits per heavy atom. The lowest BCUT2D eigenvalue weighted by Crippen LogP contribution is -3.00. The van der Waals surface area contributed by atoms with Crippen molar-refractivity contribution >= 4 is 11.2 Å². The van der Waals surface area contributed by atoms with E-state index in [0.29, 0.717) is 29.8 Å². The minimum Gasteiger partial charge on any atom is -1.00 e. The molecule has 176 valence electrons. The Labute approximate surface area is 193 Å². The summed E-state index contributed by atoms with van der Waals surface area (Å²) in [5.41, 5.74) is 1.41. The van der Waals surface area contributed by atoms with Crippen LogP contribution in [0.5, 0.6) is 11.5 Å². The lowest BCUT2D eigenvalue weighted by molar-refractivity contribution is -0.716. The first-order valence-corrected chi connectivity index (χ1v) is 10.4. The van der Waals surface area contributed by atoms with Crippen molar-refractivity contribution in [2.24, 2.45) is 14.1 Å². The molecule has 2 N–H and O–H groups in total. The zero-order valence-corrected chi connectivity index (χ0v) is 20.2. The fraction of sp³-hybridized carbons (Fsp3) is 0.500. The highest BCUT2D eigenvalue weighted by Crippen LogP contribution is 2.27. The van der Waals surface area contributed by atoms with Gasteiger partial charge in [0.05, 0.1) is 32.6 Å². The van der Waals surface area contributed by atoms with Crippen LogP contribution in [0, 0.1) is 0 Å². The first kappa shape index (κ1) is 25.5. The standard InChI is InChI=1S/C22H31N5O4.ClH/c1-14(24-15(2)11-16-7-8-17(30-5)18(12-16)31-6)9-10-27-13-23-20-19(27)21(28)26(4)22(29)25(20)3;/h7-8,12-15,24H,9-11H2,1-6H3;1H. The molecule has 0 amide bonds. The summed E-state index contributed by atoms with van der Waals surface area (Å²) in [6.45, 7) is 5.04. The number of aryl methyl sites for hydroxylation is 2. The predicted octanol–water partition coefficient (Wildman–Crippen LogP) is -2.57. The highest BCUT2D eigenvalue weighted by atomic mass is 35.5. The molecule has 0 radical (unpaired) electrons. The van der Waals surface area contributed by atoms with Crippen molar-refractivity contribution < 1.29 is 27.2 Å².